The molecule has 0 aliphatic carbocycles. The lowest BCUT2D eigenvalue weighted by Crippen LogP contribution is -2.48. The van der Waals surface area contributed by atoms with Crippen LogP contribution in [0.2, 0.25) is 0 Å². The first kappa shape index (κ1) is 19.9. The van der Waals surface area contributed by atoms with Gasteiger partial charge in [-0.05, 0) is 45.0 Å². The number of hydrogen-bond donors (Lipinski definition) is 2. The molecule has 0 unspecified atom stereocenters. The van der Waals surface area contributed by atoms with E-state index in [1.165, 1.54) is 0 Å². The Morgan fingerprint density at radius 3 is 2.75 bits per heavy atom. The summed E-state index contributed by atoms with van der Waals surface area (Å²) in [6.45, 7) is 8.56. The van der Waals surface area contributed by atoms with Crippen LogP contribution in [-0.4, -0.2) is 50.2 Å². The van der Waals surface area contributed by atoms with E-state index in [0.29, 0.717) is 12.4 Å². The monoisotopic (exact) mass is 384 g/mol. The Hall–Kier alpha value is -2.80. The van der Waals surface area contributed by atoms with Gasteiger partial charge in [0.1, 0.15) is 18.2 Å². The first-order chi connectivity index (χ1) is 13.4. The number of nitrogens with zero attached hydrogens (tertiary/aromatic N) is 2. The molecular formula is C21H28N4O3. The standard InChI is InChI=1S/C21H28N4O3/c1-15-17(7-8-20(23-15)25-9-11-28-21(2,3)14-25)24-16-5-6-18(22-4)19(13-16)27-12-10-26/h5-8,10,13,22,24H,9,11-12,14H2,1-4H3. The first-order valence-corrected chi connectivity index (χ1v) is 9.44. The predicted molar refractivity (Wildman–Crippen MR) is 112 cm³/mol. The molecule has 1 fully saturated rings. The average Bonchev–Trinajstić information content (AvgIpc) is 2.67. The minimum atomic E-state index is -0.169. The van der Waals surface area contributed by atoms with E-state index in [2.05, 4.69) is 29.4 Å². The second-order valence-corrected chi connectivity index (χ2v) is 7.40. The lowest BCUT2D eigenvalue weighted by Gasteiger charge is -2.39. The highest BCUT2D eigenvalue weighted by Crippen LogP contribution is 2.31. The highest BCUT2D eigenvalue weighted by atomic mass is 16.5. The molecule has 0 radical (unpaired) electrons. The molecule has 0 atom stereocenters. The molecule has 3 rings (SSSR count). The number of carbonyl (C=O) groups is 1. The summed E-state index contributed by atoms with van der Waals surface area (Å²) < 4.78 is 11.3. The maximum absolute atomic E-state index is 10.6. The number of anilines is 4. The molecule has 150 valence electrons. The number of aryl methyl sites for hydroxylation is 1. The molecule has 7 nitrogen and oxygen atoms in total. The van der Waals surface area contributed by atoms with Gasteiger partial charge in [0.05, 0.1) is 29.3 Å². The van der Waals surface area contributed by atoms with Crippen LogP contribution >= 0.6 is 0 Å². The Labute approximate surface area is 166 Å². The van der Waals surface area contributed by atoms with E-state index < -0.39 is 0 Å². The molecule has 1 aromatic heterocycles. The van der Waals surface area contributed by atoms with Crippen molar-refractivity contribution in [1.29, 1.82) is 0 Å². The summed E-state index contributed by atoms with van der Waals surface area (Å²) in [4.78, 5) is 17.7. The van der Waals surface area contributed by atoms with E-state index >= 15 is 0 Å². The van der Waals surface area contributed by atoms with Gasteiger partial charge in [-0.25, -0.2) is 4.98 Å². The molecular weight excluding hydrogens is 356 g/mol. The van der Waals surface area contributed by atoms with Crippen molar-refractivity contribution >= 4 is 29.2 Å². The molecule has 1 aliphatic heterocycles. The smallest absolute Gasteiger partial charge is 0.157 e. The molecule has 0 saturated carbocycles. The molecule has 1 saturated heterocycles. The number of aldehydes is 1. The van der Waals surface area contributed by atoms with E-state index in [4.69, 9.17) is 14.5 Å². The topological polar surface area (TPSA) is 75.7 Å². The lowest BCUT2D eigenvalue weighted by atomic mass is 10.1. The molecule has 0 bridgehead atoms. The van der Waals surface area contributed by atoms with Crippen molar-refractivity contribution < 1.29 is 14.3 Å². The second-order valence-electron chi connectivity index (χ2n) is 7.40. The van der Waals surface area contributed by atoms with Gasteiger partial charge < -0.3 is 25.0 Å². The zero-order valence-electron chi connectivity index (χ0n) is 16.9. The number of benzene rings is 1. The van der Waals surface area contributed by atoms with Crippen molar-refractivity contribution in [3.05, 3.63) is 36.0 Å². The summed E-state index contributed by atoms with van der Waals surface area (Å²) in [5.74, 6) is 1.58. The fourth-order valence-corrected chi connectivity index (χ4v) is 3.27. The van der Waals surface area contributed by atoms with Gasteiger partial charge in [0.15, 0.2) is 6.29 Å². The van der Waals surface area contributed by atoms with Crippen molar-refractivity contribution in [1.82, 2.24) is 4.98 Å². The maximum Gasteiger partial charge on any atom is 0.157 e. The Morgan fingerprint density at radius 1 is 1.29 bits per heavy atom. The Balaban J connectivity index is 1.77. The highest BCUT2D eigenvalue weighted by Gasteiger charge is 2.28. The zero-order chi connectivity index (χ0) is 20.1. The van der Waals surface area contributed by atoms with Crippen LogP contribution in [0.4, 0.5) is 22.9 Å². The van der Waals surface area contributed by atoms with Gasteiger partial charge in [-0.2, -0.15) is 0 Å². The third kappa shape index (κ3) is 4.72. The van der Waals surface area contributed by atoms with E-state index in [-0.39, 0.29) is 12.2 Å². The Morgan fingerprint density at radius 2 is 2.07 bits per heavy atom. The Bertz CT molecular complexity index is 838. The summed E-state index contributed by atoms with van der Waals surface area (Å²) in [5, 5.41) is 6.45. The van der Waals surface area contributed by atoms with Crippen LogP contribution in [0.3, 0.4) is 0 Å². The van der Waals surface area contributed by atoms with Gasteiger partial charge >= 0.3 is 0 Å². The molecule has 7 heteroatoms. The Kier molecular flexibility index (Phi) is 6.04. The molecule has 0 amide bonds. The molecule has 0 spiro atoms. The minimum Gasteiger partial charge on any atom is -0.484 e. The largest absolute Gasteiger partial charge is 0.484 e. The molecule has 2 heterocycles. The summed E-state index contributed by atoms with van der Waals surface area (Å²) in [7, 11) is 1.82. The van der Waals surface area contributed by atoms with E-state index in [0.717, 1.165) is 47.9 Å². The van der Waals surface area contributed by atoms with Gasteiger partial charge in [-0.3, -0.25) is 4.79 Å². The van der Waals surface area contributed by atoms with Crippen LogP contribution < -0.4 is 20.3 Å². The molecule has 1 aliphatic rings. The number of ether oxygens (including phenoxy) is 2. The number of pyridine rings is 1. The predicted octanol–water partition coefficient (Wildman–Crippen LogP) is 3.37. The number of morpholine rings is 1. The normalized spacial score (nSPS) is 15.8. The van der Waals surface area contributed by atoms with Gasteiger partial charge in [0.2, 0.25) is 0 Å². The number of nitrogens with one attached hydrogen (secondary N) is 2. The molecule has 2 aromatic rings. The fraction of sp³-hybridized carbons (Fsp3) is 0.429. The van der Waals surface area contributed by atoms with Crippen LogP contribution in [0, 0.1) is 6.92 Å². The SMILES string of the molecule is CNc1ccc(Nc2ccc(N3CCOC(C)(C)C3)nc2C)cc1OCC=O. The van der Waals surface area contributed by atoms with Gasteiger partial charge in [0, 0.05) is 31.9 Å². The van der Waals surface area contributed by atoms with Gasteiger partial charge in [-0.1, -0.05) is 0 Å². The zero-order valence-corrected chi connectivity index (χ0v) is 16.9. The lowest BCUT2D eigenvalue weighted by molar-refractivity contribution is -0.109. The maximum atomic E-state index is 10.6. The van der Waals surface area contributed by atoms with E-state index in [1.807, 2.05) is 44.3 Å². The summed E-state index contributed by atoms with van der Waals surface area (Å²) in [6, 6.07) is 9.81. The number of hydrogen-bond acceptors (Lipinski definition) is 7. The van der Waals surface area contributed by atoms with E-state index in [1.54, 1.807) is 0 Å². The number of carbonyl (C=O) groups excluding carboxylic acids is 1. The number of aromatic nitrogens is 1. The van der Waals surface area contributed by atoms with Crippen molar-refractivity contribution in [3.8, 4) is 5.75 Å². The van der Waals surface area contributed by atoms with Gasteiger partial charge in [0.25, 0.3) is 0 Å². The third-order valence-electron chi connectivity index (χ3n) is 4.66. The highest BCUT2D eigenvalue weighted by molar-refractivity contribution is 5.70. The minimum absolute atomic E-state index is 0.0172. The average molecular weight is 384 g/mol. The van der Waals surface area contributed by atoms with Crippen molar-refractivity contribution in [2.24, 2.45) is 0 Å². The van der Waals surface area contributed by atoms with Crippen LogP contribution in [-0.2, 0) is 9.53 Å². The van der Waals surface area contributed by atoms with Crippen LogP contribution in [0.15, 0.2) is 30.3 Å². The van der Waals surface area contributed by atoms with Crippen LogP contribution in [0.1, 0.15) is 19.5 Å². The molecule has 2 N–H and O–H groups in total. The summed E-state index contributed by atoms with van der Waals surface area (Å²) in [6.07, 6.45) is 0.735. The van der Waals surface area contributed by atoms with E-state index in [9.17, 15) is 4.79 Å². The van der Waals surface area contributed by atoms with Crippen molar-refractivity contribution in [2.75, 3.05) is 48.9 Å². The number of rotatable bonds is 7. The van der Waals surface area contributed by atoms with Crippen molar-refractivity contribution in [3.63, 3.8) is 0 Å². The van der Waals surface area contributed by atoms with Crippen LogP contribution in [0.5, 0.6) is 5.75 Å². The van der Waals surface area contributed by atoms with Crippen molar-refractivity contribution in [2.45, 2.75) is 26.4 Å². The molecule has 1 aromatic carbocycles. The molecule has 28 heavy (non-hydrogen) atoms. The quantitative estimate of drug-likeness (QED) is 0.709. The second kappa shape index (κ2) is 8.48. The summed E-state index contributed by atoms with van der Waals surface area (Å²) in [5.41, 5.74) is 3.36. The van der Waals surface area contributed by atoms with Crippen LogP contribution in [0.25, 0.3) is 0 Å². The first-order valence-electron chi connectivity index (χ1n) is 9.44. The van der Waals surface area contributed by atoms with Gasteiger partial charge in [-0.15, -0.1) is 0 Å². The fourth-order valence-electron chi connectivity index (χ4n) is 3.27. The third-order valence-corrected chi connectivity index (χ3v) is 4.66. The summed E-state index contributed by atoms with van der Waals surface area (Å²) >= 11 is 0.